The minimum absolute atomic E-state index is 0.265. The minimum atomic E-state index is -0.329. The van der Waals surface area contributed by atoms with Crippen LogP contribution in [-0.4, -0.2) is 23.0 Å². The minimum Gasteiger partial charge on any atom is -0.495 e. The molecule has 1 heterocycles. The lowest BCUT2D eigenvalue weighted by atomic mass is 10.1. The number of amides is 1. The molecule has 0 saturated carbocycles. The number of benzene rings is 2. The second kappa shape index (κ2) is 7.86. The first-order chi connectivity index (χ1) is 13.0. The molecule has 2 N–H and O–H groups in total. The Bertz CT molecular complexity index is 986. The molecule has 0 atom stereocenters. The second-order valence-corrected chi connectivity index (χ2v) is 6.39. The van der Waals surface area contributed by atoms with Crippen LogP contribution in [0.15, 0.2) is 48.8 Å². The van der Waals surface area contributed by atoms with Gasteiger partial charge in [-0.3, -0.25) is 4.79 Å². The zero-order valence-electron chi connectivity index (χ0n) is 15.8. The van der Waals surface area contributed by atoms with Gasteiger partial charge in [-0.2, -0.15) is 0 Å². The number of carbonyl (C=O) groups is 1. The molecule has 0 fully saturated rings. The number of hydrogen-bond acceptors (Lipinski definition) is 5. The fraction of sp³-hybridized carbons (Fsp3) is 0.190. The second-order valence-electron chi connectivity index (χ2n) is 6.39. The molecule has 0 spiro atoms. The van der Waals surface area contributed by atoms with E-state index in [2.05, 4.69) is 26.7 Å². The third-order valence-electron chi connectivity index (χ3n) is 4.15. The normalized spacial score (nSPS) is 10.4. The SMILES string of the molecule is COc1ccc(C)cc1NC(=O)c1cc(Nc2ccc(C)cc2C)ncn1. The highest BCUT2D eigenvalue weighted by molar-refractivity contribution is 6.04. The van der Waals surface area contributed by atoms with Crippen LogP contribution in [0.5, 0.6) is 5.75 Å². The first-order valence-electron chi connectivity index (χ1n) is 8.58. The topological polar surface area (TPSA) is 76.1 Å². The van der Waals surface area contributed by atoms with Crippen LogP contribution in [-0.2, 0) is 0 Å². The van der Waals surface area contributed by atoms with E-state index in [1.165, 1.54) is 11.9 Å². The maximum Gasteiger partial charge on any atom is 0.274 e. The standard InChI is InChI=1S/C21H22N4O2/c1-13-5-7-16(15(3)9-13)24-20-11-18(22-12-23-20)21(26)25-17-10-14(2)6-8-19(17)27-4/h5-12H,1-4H3,(H,25,26)(H,22,23,24). The number of rotatable bonds is 5. The Kier molecular flexibility index (Phi) is 5.35. The lowest BCUT2D eigenvalue weighted by Crippen LogP contribution is -2.15. The highest BCUT2D eigenvalue weighted by Crippen LogP contribution is 2.26. The Morgan fingerprint density at radius 2 is 1.67 bits per heavy atom. The van der Waals surface area contributed by atoms with Crippen molar-refractivity contribution in [1.29, 1.82) is 0 Å². The van der Waals surface area contributed by atoms with Gasteiger partial charge < -0.3 is 15.4 Å². The van der Waals surface area contributed by atoms with Crippen LogP contribution in [0.4, 0.5) is 17.2 Å². The van der Waals surface area contributed by atoms with Crippen LogP contribution in [0.25, 0.3) is 0 Å². The number of anilines is 3. The van der Waals surface area contributed by atoms with Crippen molar-refractivity contribution in [2.45, 2.75) is 20.8 Å². The van der Waals surface area contributed by atoms with E-state index in [9.17, 15) is 4.79 Å². The molecule has 0 unspecified atom stereocenters. The summed E-state index contributed by atoms with van der Waals surface area (Å²) in [5, 5.41) is 6.08. The van der Waals surface area contributed by atoms with Crippen molar-refractivity contribution in [3.8, 4) is 5.75 Å². The predicted molar refractivity (Wildman–Crippen MR) is 107 cm³/mol. The molecule has 138 valence electrons. The average molecular weight is 362 g/mol. The maximum absolute atomic E-state index is 12.6. The summed E-state index contributed by atoms with van der Waals surface area (Å²) in [7, 11) is 1.57. The molecule has 0 aliphatic carbocycles. The molecule has 1 amide bonds. The van der Waals surface area contributed by atoms with Gasteiger partial charge in [-0.15, -0.1) is 0 Å². The molecule has 1 aromatic heterocycles. The molecule has 6 nitrogen and oxygen atoms in total. The van der Waals surface area contributed by atoms with Crippen LogP contribution in [0.3, 0.4) is 0 Å². The molecule has 0 aliphatic rings. The van der Waals surface area contributed by atoms with E-state index in [0.29, 0.717) is 17.3 Å². The molecular formula is C21H22N4O2. The summed E-state index contributed by atoms with van der Waals surface area (Å²) in [5.41, 5.74) is 5.11. The third kappa shape index (κ3) is 4.41. The fourth-order valence-corrected chi connectivity index (χ4v) is 2.75. The summed E-state index contributed by atoms with van der Waals surface area (Å²) in [4.78, 5) is 20.9. The number of hydrogen-bond donors (Lipinski definition) is 2. The highest BCUT2D eigenvalue weighted by atomic mass is 16.5. The van der Waals surface area contributed by atoms with Crippen molar-refractivity contribution in [2.75, 3.05) is 17.7 Å². The Morgan fingerprint density at radius 1 is 0.926 bits per heavy atom. The molecule has 0 aliphatic heterocycles. The molecular weight excluding hydrogens is 340 g/mol. The number of ether oxygens (including phenoxy) is 1. The van der Waals surface area contributed by atoms with Crippen molar-refractivity contribution < 1.29 is 9.53 Å². The highest BCUT2D eigenvalue weighted by Gasteiger charge is 2.13. The lowest BCUT2D eigenvalue weighted by Gasteiger charge is -2.12. The summed E-state index contributed by atoms with van der Waals surface area (Å²) in [6.07, 6.45) is 1.37. The van der Waals surface area contributed by atoms with Crippen LogP contribution in [0.1, 0.15) is 27.2 Å². The molecule has 3 rings (SSSR count). The summed E-state index contributed by atoms with van der Waals surface area (Å²) in [6, 6.07) is 13.3. The molecule has 3 aromatic rings. The smallest absolute Gasteiger partial charge is 0.274 e. The summed E-state index contributed by atoms with van der Waals surface area (Å²) < 4.78 is 5.30. The fourth-order valence-electron chi connectivity index (χ4n) is 2.75. The van der Waals surface area contributed by atoms with Crippen LogP contribution < -0.4 is 15.4 Å². The van der Waals surface area contributed by atoms with Gasteiger partial charge in [-0.25, -0.2) is 9.97 Å². The average Bonchev–Trinajstić information content (AvgIpc) is 2.64. The number of nitrogens with zero attached hydrogens (tertiary/aromatic N) is 2. The zero-order valence-corrected chi connectivity index (χ0v) is 15.8. The molecule has 0 saturated heterocycles. The number of nitrogens with one attached hydrogen (secondary N) is 2. The quantitative estimate of drug-likeness (QED) is 0.703. The number of aromatic nitrogens is 2. The molecule has 0 radical (unpaired) electrons. The van der Waals surface area contributed by atoms with Crippen molar-refractivity contribution in [1.82, 2.24) is 9.97 Å². The summed E-state index contributed by atoms with van der Waals surface area (Å²) in [5.74, 6) is 0.819. The van der Waals surface area contributed by atoms with E-state index in [1.54, 1.807) is 13.2 Å². The van der Waals surface area contributed by atoms with E-state index in [0.717, 1.165) is 16.8 Å². The van der Waals surface area contributed by atoms with Gasteiger partial charge in [0.25, 0.3) is 5.91 Å². The van der Waals surface area contributed by atoms with Gasteiger partial charge in [0.1, 0.15) is 23.6 Å². The van der Waals surface area contributed by atoms with Gasteiger partial charge in [0.2, 0.25) is 0 Å². The zero-order chi connectivity index (χ0) is 19.4. The monoisotopic (exact) mass is 362 g/mol. The number of aryl methyl sites for hydroxylation is 3. The predicted octanol–water partition coefficient (Wildman–Crippen LogP) is 4.41. The van der Waals surface area contributed by atoms with Crippen molar-refractivity contribution in [2.24, 2.45) is 0 Å². The first kappa shape index (κ1) is 18.4. The van der Waals surface area contributed by atoms with E-state index in [-0.39, 0.29) is 11.6 Å². The van der Waals surface area contributed by atoms with Gasteiger partial charge in [0.15, 0.2) is 0 Å². The number of methoxy groups -OCH3 is 1. The summed E-state index contributed by atoms with van der Waals surface area (Å²) in [6.45, 7) is 6.02. The van der Waals surface area contributed by atoms with Crippen LogP contribution >= 0.6 is 0 Å². The van der Waals surface area contributed by atoms with Gasteiger partial charge in [0, 0.05) is 11.8 Å². The molecule has 6 heteroatoms. The van der Waals surface area contributed by atoms with Gasteiger partial charge >= 0.3 is 0 Å². The van der Waals surface area contributed by atoms with Crippen LogP contribution in [0.2, 0.25) is 0 Å². The Hall–Kier alpha value is -3.41. The van der Waals surface area contributed by atoms with E-state index < -0.39 is 0 Å². The summed E-state index contributed by atoms with van der Waals surface area (Å²) >= 11 is 0. The lowest BCUT2D eigenvalue weighted by molar-refractivity contribution is 0.102. The molecule has 2 aromatic carbocycles. The van der Waals surface area contributed by atoms with Crippen molar-refractivity contribution in [3.05, 3.63) is 71.2 Å². The molecule has 0 bridgehead atoms. The molecule has 27 heavy (non-hydrogen) atoms. The van der Waals surface area contributed by atoms with E-state index in [1.807, 2.05) is 51.1 Å². The van der Waals surface area contributed by atoms with Gasteiger partial charge in [0.05, 0.1) is 12.8 Å². The van der Waals surface area contributed by atoms with Crippen molar-refractivity contribution >= 4 is 23.1 Å². The van der Waals surface area contributed by atoms with Crippen LogP contribution in [0, 0.1) is 20.8 Å². The van der Waals surface area contributed by atoms with Crippen molar-refractivity contribution in [3.63, 3.8) is 0 Å². The first-order valence-corrected chi connectivity index (χ1v) is 8.58. The van der Waals surface area contributed by atoms with E-state index >= 15 is 0 Å². The Labute approximate surface area is 158 Å². The van der Waals surface area contributed by atoms with E-state index in [4.69, 9.17) is 4.74 Å². The van der Waals surface area contributed by atoms with Gasteiger partial charge in [-0.05, 0) is 50.1 Å². The Morgan fingerprint density at radius 3 is 2.41 bits per heavy atom. The van der Waals surface area contributed by atoms with Gasteiger partial charge in [-0.1, -0.05) is 23.8 Å². The maximum atomic E-state index is 12.6. The number of carbonyl (C=O) groups excluding carboxylic acids is 1. The largest absolute Gasteiger partial charge is 0.495 e. The third-order valence-corrected chi connectivity index (χ3v) is 4.15. The Balaban J connectivity index is 1.81.